The molecule has 0 atom stereocenters. The summed E-state index contributed by atoms with van der Waals surface area (Å²) >= 11 is 0. The van der Waals surface area contributed by atoms with Crippen molar-refractivity contribution in [3.63, 3.8) is 0 Å². The summed E-state index contributed by atoms with van der Waals surface area (Å²) in [6.07, 6.45) is 0.872. The molecule has 3 radical (unpaired) electrons. The van der Waals surface area contributed by atoms with E-state index in [1.807, 2.05) is 6.92 Å². The van der Waals surface area contributed by atoms with Gasteiger partial charge < -0.3 is 0 Å². The predicted molar refractivity (Wildman–Crippen MR) is 21.0 cm³/mol. The zero-order chi connectivity index (χ0) is 4.12. The molecule has 3 nitrogen and oxygen atoms in total. The third kappa shape index (κ3) is 9.11. The Bertz CT molecular complexity index is 16.3. The molecule has 0 aliphatic carbocycles. The Labute approximate surface area is 37.4 Å². The van der Waals surface area contributed by atoms with Crippen molar-refractivity contribution in [3.05, 3.63) is 0 Å². The van der Waals surface area contributed by atoms with Crippen LogP contribution in [0.25, 0.3) is 0 Å². The summed E-state index contributed by atoms with van der Waals surface area (Å²) in [7, 11) is 0. The molecular formula is C3H8NO2. The van der Waals surface area contributed by atoms with Crippen LogP contribution < -0.4 is 6.15 Å². The standard InChI is InChI=1S/C3H8O2.N/c1-2-3-5-4;/h4H,2-3H2,1H3;. The van der Waals surface area contributed by atoms with E-state index in [4.69, 9.17) is 5.26 Å². The maximum absolute atomic E-state index is 7.57. The number of nitrogens with zero attached hydrogens (tertiary/aromatic N) is 1. The first-order valence-corrected chi connectivity index (χ1v) is 1.68. The summed E-state index contributed by atoms with van der Waals surface area (Å²) in [5.74, 6) is 0. The van der Waals surface area contributed by atoms with Gasteiger partial charge in [-0.25, -0.2) is 4.89 Å². The highest BCUT2D eigenvalue weighted by Gasteiger charge is 1.68. The molecule has 0 fully saturated rings. The smallest absolute Gasteiger partial charge is 0.0817 e. The lowest BCUT2D eigenvalue weighted by molar-refractivity contribution is -0.241. The second-order valence-electron chi connectivity index (χ2n) is 0.833. The van der Waals surface area contributed by atoms with Crippen molar-refractivity contribution in [2.75, 3.05) is 6.61 Å². The first-order chi connectivity index (χ1) is 2.41. The summed E-state index contributed by atoms with van der Waals surface area (Å²) < 4.78 is 0. The van der Waals surface area contributed by atoms with Gasteiger partial charge in [0.25, 0.3) is 0 Å². The quantitative estimate of drug-likeness (QED) is 0.394. The van der Waals surface area contributed by atoms with Crippen LogP contribution in [0.3, 0.4) is 0 Å². The van der Waals surface area contributed by atoms with Crippen LogP contribution in [0.1, 0.15) is 13.3 Å². The molecule has 0 amide bonds. The van der Waals surface area contributed by atoms with Crippen molar-refractivity contribution >= 4 is 0 Å². The van der Waals surface area contributed by atoms with Gasteiger partial charge in [0.05, 0.1) is 6.61 Å². The molecule has 3 heteroatoms. The second-order valence-corrected chi connectivity index (χ2v) is 0.833. The third-order valence-electron chi connectivity index (χ3n) is 0.295. The van der Waals surface area contributed by atoms with E-state index in [0.29, 0.717) is 6.61 Å². The highest BCUT2D eigenvalue weighted by atomic mass is 17.1. The highest BCUT2D eigenvalue weighted by Crippen LogP contribution is 1.70. The normalized spacial score (nSPS) is 7.00. The van der Waals surface area contributed by atoms with Crippen LogP contribution in [0.4, 0.5) is 0 Å². The van der Waals surface area contributed by atoms with Gasteiger partial charge in [0, 0.05) is 6.15 Å². The second kappa shape index (κ2) is 8.86. The summed E-state index contributed by atoms with van der Waals surface area (Å²) in [5, 5.41) is 7.57. The van der Waals surface area contributed by atoms with Gasteiger partial charge in [0.15, 0.2) is 0 Å². The van der Waals surface area contributed by atoms with Gasteiger partial charge in [-0.05, 0) is 6.42 Å². The number of rotatable bonds is 2. The summed E-state index contributed by atoms with van der Waals surface area (Å²) in [5.41, 5.74) is 0. The lowest BCUT2D eigenvalue weighted by atomic mass is 10.5. The fourth-order valence-corrected chi connectivity index (χ4v) is 0.0913. The molecular weight excluding hydrogens is 82.0 g/mol. The van der Waals surface area contributed by atoms with E-state index in [1.54, 1.807) is 0 Å². The zero-order valence-corrected chi connectivity index (χ0v) is 3.72. The fraction of sp³-hybridized carbons (Fsp3) is 1.00. The highest BCUT2D eigenvalue weighted by molar-refractivity contribution is 4.12. The maximum atomic E-state index is 7.57. The van der Waals surface area contributed by atoms with Crippen LogP contribution >= 0.6 is 0 Å². The van der Waals surface area contributed by atoms with E-state index < -0.39 is 0 Å². The molecule has 0 aromatic rings. The van der Waals surface area contributed by atoms with Gasteiger partial charge in [-0.15, -0.1) is 0 Å². The Hall–Kier alpha value is -0.120. The SMILES string of the molecule is CCCOO.[N]. The van der Waals surface area contributed by atoms with Crippen LogP contribution in [0.15, 0.2) is 0 Å². The van der Waals surface area contributed by atoms with E-state index in [-0.39, 0.29) is 6.15 Å². The van der Waals surface area contributed by atoms with Crippen LogP contribution in [-0.2, 0) is 4.89 Å². The Morgan fingerprint density at radius 2 is 2.17 bits per heavy atom. The van der Waals surface area contributed by atoms with E-state index >= 15 is 0 Å². The molecule has 0 saturated heterocycles. The van der Waals surface area contributed by atoms with E-state index in [1.165, 1.54) is 0 Å². The van der Waals surface area contributed by atoms with Crippen molar-refractivity contribution < 1.29 is 10.1 Å². The first-order valence-electron chi connectivity index (χ1n) is 1.68. The van der Waals surface area contributed by atoms with Gasteiger partial charge in [0.1, 0.15) is 0 Å². The molecule has 0 aromatic carbocycles. The molecule has 0 aliphatic rings. The van der Waals surface area contributed by atoms with Crippen molar-refractivity contribution in [1.82, 2.24) is 6.15 Å². The van der Waals surface area contributed by atoms with Crippen molar-refractivity contribution in [1.29, 1.82) is 0 Å². The molecule has 0 saturated carbocycles. The Morgan fingerprint density at radius 1 is 1.67 bits per heavy atom. The summed E-state index contributed by atoms with van der Waals surface area (Å²) in [6.45, 7) is 2.37. The van der Waals surface area contributed by atoms with Gasteiger partial charge in [-0.1, -0.05) is 6.92 Å². The van der Waals surface area contributed by atoms with Crippen molar-refractivity contribution in [2.24, 2.45) is 0 Å². The zero-order valence-electron chi connectivity index (χ0n) is 3.72. The molecule has 0 rings (SSSR count). The van der Waals surface area contributed by atoms with Crippen LogP contribution in [-0.4, -0.2) is 11.9 Å². The molecule has 0 spiro atoms. The third-order valence-corrected chi connectivity index (χ3v) is 0.295. The summed E-state index contributed by atoms with van der Waals surface area (Å²) in [6, 6.07) is 0. The van der Waals surface area contributed by atoms with Crippen LogP contribution in [0.2, 0.25) is 0 Å². The first kappa shape index (κ1) is 9.30. The molecule has 1 N–H and O–H groups in total. The minimum atomic E-state index is 0. The lowest BCUT2D eigenvalue weighted by Gasteiger charge is -1.81. The molecule has 0 aliphatic heterocycles. The van der Waals surface area contributed by atoms with E-state index in [9.17, 15) is 0 Å². The lowest BCUT2D eigenvalue weighted by Crippen LogP contribution is -1.81. The van der Waals surface area contributed by atoms with E-state index in [0.717, 1.165) is 6.42 Å². The monoisotopic (exact) mass is 90.1 g/mol. The fourth-order valence-electron chi connectivity index (χ4n) is 0.0913. The van der Waals surface area contributed by atoms with Crippen LogP contribution in [0.5, 0.6) is 0 Å². The molecule has 0 unspecified atom stereocenters. The topological polar surface area (TPSA) is 60.0 Å². The average molecular weight is 90.1 g/mol. The summed E-state index contributed by atoms with van der Waals surface area (Å²) in [4.78, 5) is 3.69. The molecule has 0 bridgehead atoms. The van der Waals surface area contributed by atoms with Gasteiger partial charge in [-0.3, -0.25) is 5.26 Å². The number of hydrogen-bond donors (Lipinski definition) is 1. The van der Waals surface area contributed by atoms with Crippen molar-refractivity contribution in [2.45, 2.75) is 13.3 Å². The van der Waals surface area contributed by atoms with Gasteiger partial charge >= 0.3 is 0 Å². The Morgan fingerprint density at radius 3 is 2.17 bits per heavy atom. The number of hydrogen-bond acceptors (Lipinski definition) is 2. The minimum Gasteiger partial charge on any atom is -0.252 e. The molecule has 0 aromatic heterocycles. The Balaban J connectivity index is 0. The van der Waals surface area contributed by atoms with E-state index in [2.05, 4.69) is 4.89 Å². The van der Waals surface area contributed by atoms with Crippen LogP contribution in [0, 0.1) is 0 Å². The van der Waals surface area contributed by atoms with Gasteiger partial charge in [-0.2, -0.15) is 0 Å². The van der Waals surface area contributed by atoms with Crippen molar-refractivity contribution in [3.8, 4) is 0 Å². The molecule has 6 heavy (non-hydrogen) atoms. The predicted octanol–water partition coefficient (Wildman–Crippen LogP) is 0.405. The molecule has 0 heterocycles. The Kier molecular flexibility index (Phi) is 13.7. The molecule has 37 valence electrons. The largest absolute Gasteiger partial charge is 0.252 e. The minimum absolute atomic E-state index is 0. The maximum Gasteiger partial charge on any atom is 0.0817 e. The van der Waals surface area contributed by atoms with Gasteiger partial charge in [0.2, 0.25) is 0 Å². The average Bonchev–Trinajstić information content (AvgIpc) is 1.41.